The van der Waals surface area contributed by atoms with E-state index in [-0.39, 0.29) is 23.2 Å². The Kier molecular flexibility index (Phi) is 5.75. The van der Waals surface area contributed by atoms with Crippen molar-refractivity contribution in [1.82, 2.24) is 0 Å². The second kappa shape index (κ2) is 6.74. The summed E-state index contributed by atoms with van der Waals surface area (Å²) in [5.41, 5.74) is 5.63. The highest BCUT2D eigenvalue weighted by atomic mass is 35.5. The molecule has 1 saturated carbocycles. The van der Waals surface area contributed by atoms with Crippen LogP contribution >= 0.6 is 12.4 Å². The topological polar surface area (TPSA) is 115 Å². The van der Waals surface area contributed by atoms with Gasteiger partial charge in [0.1, 0.15) is 0 Å². The van der Waals surface area contributed by atoms with Crippen LogP contribution in [0.4, 0.5) is 5.69 Å². The third-order valence-electron chi connectivity index (χ3n) is 3.85. The molecule has 5 N–H and O–H groups in total. The van der Waals surface area contributed by atoms with Crippen molar-refractivity contribution in [2.45, 2.75) is 30.6 Å². The van der Waals surface area contributed by atoms with Gasteiger partial charge in [0.05, 0.1) is 10.3 Å². The molecule has 0 atom stereocenters. The molecule has 2 rings (SSSR count). The Morgan fingerprint density at radius 3 is 2.43 bits per heavy atom. The highest BCUT2D eigenvalue weighted by Crippen LogP contribution is 2.38. The normalized spacial score (nSPS) is 17.0. The standard InChI is InChI=1S/C13H19N3O3S.ClH/c14-9-13(6-1-2-7-13)12(17)16-10-4-3-5-11(8-10)20(15,18)19;/h3-5,8H,1-2,6-7,9,14H2,(H,16,17)(H2,15,18,19);1H. The fourth-order valence-electron chi connectivity index (χ4n) is 2.59. The Labute approximate surface area is 130 Å². The maximum Gasteiger partial charge on any atom is 0.238 e. The molecule has 0 spiro atoms. The monoisotopic (exact) mass is 333 g/mol. The van der Waals surface area contributed by atoms with Crippen LogP contribution in [0.1, 0.15) is 25.7 Å². The summed E-state index contributed by atoms with van der Waals surface area (Å²) in [6.07, 6.45) is 3.51. The molecule has 1 aliphatic carbocycles. The minimum absolute atomic E-state index is 0. The van der Waals surface area contributed by atoms with Crippen LogP contribution in [0.5, 0.6) is 0 Å². The first-order valence-electron chi connectivity index (χ1n) is 6.52. The van der Waals surface area contributed by atoms with Gasteiger partial charge in [0.15, 0.2) is 0 Å². The predicted molar refractivity (Wildman–Crippen MR) is 83.6 cm³/mol. The molecule has 0 unspecified atom stereocenters. The molecule has 8 heteroatoms. The van der Waals surface area contributed by atoms with Crippen LogP contribution < -0.4 is 16.2 Å². The van der Waals surface area contributed by atoms with Gasteiger partial charge < -0.3 is 11.1 Å². The van der Waals surface area contributed by atoms with Crippen molar-refractivity contribution in [3.05, 3.63) is 24.3 Å². The van der Waals surface area contributed by atoms with Crippen molar-refractivity contribution in [3.63, 3.8) is 0 Å². The summed E-state index contributed by atoms with van der Waals surface area (Å²) in [5.74, 6) is -0.149. The van der Waals surface area contributed by atoms with Crippen LogP contribution in [0.25, 0.3) is 0 Å². The Morgan fingerprint density at radius 2 is 1.90 bits per heavy atom. The zero-order valence-corrected chi connectivity index (χ0v) is 13.2. The fraction of sp³-hybridized carbons (Fsp3) is 0.462. The molecule has 1 aliphatic rings. The van der Waals surface area contributed by atoms with Crippen LogP contribution in [0.15, 0.2) is 29.2 Å². The van der Waals surface area contributed by atoms with Gasteiger partial charge in [-0.2, -0.15) is 0 Å². The molecule has 0 heterocycles. The summed E-state index contributed by atoms with van der Waals surface area (Å²) in [6.45, 7) is 0.299. The Hall–Kier alpha value is -1.15. The lowest BCUT2D eigenvalue weighted by Crippen LogP contribution is -2.40. The van der Waals surface area contributed by atoms with E-state index in [1.165, 1.54) is 12.1 Å². The quantitative estimate of drug-likeness (QED) is 0.768. The minimum Gasteiger partial charge on any atom is -0.329 e. The summed E-state index contributed by atoms with van der Waals surface area (Å²) >= 11 is 0. The third kappa shape index (κ3) is 3.94. The van der Waals surface area contributed by atoms with Crippen molar-refractivity contribution in [1.29, 1.82) is 0 Å². The van der Waals surface area contributed by atoms with Crippen molar-refractivity contribution in [2.75, 3.05) is 11.9 Å². The van der Waals surface area contributed by atoms with Crippen LogP contribution in [-0.4, -0.2) is 20.9 Å². The molecule has 118 valence electrons. The van der Waals surface area contributed by atoms with E-state index in [0.717, 1.165) is 25.7 Å². The van der Waals surface area contributed by atoms with Crippen molar-refractivity contribution < 1.29 is 13.2 Å². The van der Waals surface area contributed by atoms with Gasteiger partial charge >= 0.3 is 0 Å². The zero-order valence-electron chi connectivity index (χ0n) is 11.5. The van der Waals surface area contributed by atoms with Crippen molar-refractivity contribution in [2.24, 2.45) is 16.3 Å². The average molecular weight is 334 g/mol. The number of primary sulfonamides is 1. The summed E-state index contributed by atoms with van der Waals surface area (Å²) in [4.78, 5) is 12.3. The van der Waals surface area contributed by atoms with Gasteiger partial charge in [0.2, 0.25) is 15.9 Å². The first-order valence-corrected chi connectivity index (χ1v) is 8.06. The Bertz CT molecular complexity index is 613. The number of carbonyl (C=O) groups is 1. The average Bonchev–Trinajstić information content (AvgIpc) is 2.88. The molecule has 1 aromatic rings. The van der Waals surface area contributed by atoms with Crippen LogP contribution in [0.2, 0.25) is 0 Å². The molecule has 6 nitrogen and oxygen atoms in total. The minimum atomic E-state index is -3.78. The molecule has 0 aliphatic heterocycles. The Balaban J connectivity index is 0.00000220. The van der Waals surface area contributed by atoms with E-state index in [4.69, 9.17) is 10.9 Å². The van der Waals surface area contributed by atoms with E-state index in [2.05, 4.69) is 5.32 Å². The molecule has 0 radical (unpaired) electrons. The number of rotatable bonds is 4. The van der Waals surface area contributed by atoms with E-state index in [0.29, 0.717) is 12.2 Å². The molecule has 1 amide bonds. The largest absolute Gasteiger partial charge is 0.329 e. The van der Waals surface area contributed by atoms with Gasteiger partial charge in [0.25, 0.3) is 0 Å². The van der Waals surface area contributed by atoms with E-state index in [9.17, 15) is 13.2 Å². The van der Waals surface area contributed by atoms with Crippen molar-refractivity contribution in [3.8, 4) is 0 Å². The number of anilines is 1. The number of hydrogen-bond acceptors (Lipinski definition) is 4. The molecule has 0 saturated heterocycles. The number of halogens is 1. The van der Waals surface area contributed by atoms with E-state index >= 15 is 0 Å². The smallest absolute Gasteiger partial charge is 0.238 e. The molecule has 1 aromatic carbocycles. The van der Waals surface area contributed by atoms with E-state index in [1.807, 2.05) is 0 Å². The summed E-state index contributed by atoms with van der Waals surface area (Å²) in [7, 11) is -3.78. The molecule has 21 heavy (non-hydrogen) atoms. The van der Waals surface area contributed by atoms with Crippen LogP contribution in [-0.2, 0) is 14.8 Å². The zero-order chi connectivity index (χ0) is 14.8. The molecule has 1 fully saturated rings. The van der Waals surface area contributed by atoms with Gasteiger partial charge in [-0.1, -0.05) is 18.9 Å². The molecule has 0 aromatic heterocycles. The number of hydrogen-bond donors (Lipinski definition) is 3. The third-order valence-corrected chi connectivity index (χ3v) is 4.76. The first-order chi connectivity index (χ1) is 9.37. The second-order valence-corrected chi connectivity index (χ2v) is 6.78. The molecule has 0 bridgehead atoms. The van der Waals surface area contributed by atoms with E-state index < -0.39 is 15.4 Å². The van der Waals surface area contributed by atoms with Crippen LogP contribution in [0.3, 0.4) is 0 Å². The second-order valence-electron chi connectivity index (χ2n) is 5.22. The number of sulfonamides is 1. The number of amides is 1. The number of nitrogens with two attached hydrogens (primary N) is 2. The SMILES string of the molecule is Cl.NCC1(C(=O)Nc2cccc(S(N)(=O)=O)c2)CCCC1. The summed E-state index contributed by atoms with van der Waals surface area (Å²) in [5, 5.41) is 7.82. The number of nitrogens with one attached hydrogen (secondary N) is 1. The lowest BCUT2D eigenvalue weighted by Gasteiger charge is -2.25. The predicted octanol–water partition coefficient (Wildman–Crippen LogP) is 1.21. The summed E-state index contributed by atoms with van der Waals surface area (Å²) in [6, 6.07) is 5.91. The van der Waals surface area contributed by atoms with E-state index in [1.54, 1.807) is 12.1 Å². The Morgan fingerprint density at radius 1 is 1.29 bits per heavy atom. The van der Waals surface area contributed by atoms with Crippen molar-refractivity contribution >= 4 is 34.0 Å². The highest BCUT2D eigenvalue weighted by molar-refractivity contribution is 7.89. The maximum absolute atomic E-state index is 12.4. The van der Waals surface area contributed by atoms with Gasteiger partial charge in [-0.3, -0.25) is 4.79 Å². The lowest BCUT2D eigenvalue weighted by molar-refractivity contribution is -0.124. The maximum atomic E-state index is 12.4. The number of carbonyl (C=O) groups excluding carboxylic acids is 1. The van der Waals surface area contributed by atoms with Gasteiger partial charge in [-0.15, -0.1) is 12.4 Å². The highest BCUT2D eigenvalue weighted by Gasteiger charge is 2.39. The fourth-order valence-corrected chi connectivity index (χ4v) is 3.15. The first kappa shape index (κ1) is 17.9. The van der Waals surface area contributed by atoms with Gasteiger partial charge in [-0.05, 0) is 31.0 Å². The van der Waals surface area contributed by atoms with Crippen LogP contribution in [0, 0.1) is 5.41 Å². The molecular formula is C13H20ClN3O3S. The lowest BCUT2D eigenvalue weighted by atomic mass is 9.85. The number of benzene rings is 1. The van der Waals surface area contributed by atoms with Gasteiger partial charge in [0, 0.05) is 12.2 Å². The summed E-state index contributed by atoms with van der Waals surface area (Å²) < 4.78 is 22.6. The van der Waals surface area contributed by atoms with Gasteiger partial charge in [-0.25, -0.2) is 13.6 Å². The molecular weight excluding hydrogens is 314 g/mol.